The number of thiazole rings is 1. The summed E-state index contributed by atoms with van der Waals surface area (Å²) in [6.07, 6.45) is 6.66. The van der Waals surface area contributed by atoms with E-state index in [9.17, 15) is 4.79 Å². The largest absolute Gasteiger partial charge is 0.339 e. The van der Waals surface area contributed by atoms with Crippen molar-refractivity contribution in [2.24, 2.45) is 0 Å². The zero-order chi connectivity index (χ0) is 20.3. The van der Waals surface area contributed by atoms with Crippen molar-refractivity contribution in [3.8, 4) is 11.3 Å². The molecule has 1 fully saturated rings. The maximum Gasteiger partial charge on any atom is 0.223 e. The Kier molecular flexibility index (Phi) is 5.37. The van der Waals surface area contributed by atoms with Crippen LogP contribution < -0.4 is 0 Å². The van der Waals surface area contributed by atoms with Gasteiger partial charge in [0.15, 0.2) is 4.96 Å². The Labute approximate surface area is 180 Å². The van der Waals surface area contributed by atoms with E-state index >= 15 is 0 Å². The number of rotatable bonds is 8. The van der Waals surface area contributed by atoms with Gasteiger partial charge in [-0.05, 0) is 24.8 Å². The molecule has 0 bridgehead atoms. The molecule has 0 N–H and O–H groups in total. The number of hydrogen-bond donors (Lipinski definition) is 0. The molecule has 0 radical (unpaired) electrons. The number of nitrogens with zero attached hydrogens (tertiary/aromatic N) is 3. The number of imidazole rings is 1. The number of carbonyl (C=O) groups is 1. The normalized spacial score (nSPS) is 13.6. The molecule has 152 valence electrons. The maximum absolute atomic E-state index is 12.9. The van der Waals surface area contributed by atoms with Crippen molar-refractivity contribution in [2.45, 2.75) is 38.1 Å². The van der Waals surface area contributed by atoms with Crippen LogP contribution in [0, 0.1) is 0 Å². The first kappa shape index (κ1) is 19.1. The van der Waals surface area contributed by atoms with Gasteiger partial charge < -0.3 is 4.90 Å². The van der Waals surface area contributed by atoms with Gasteiger partial charge in [-0.2, -0.15) is 0 Å². The van der Waals surface area contributed by atoms with E-state index in [1.54, 1.807) is 11.3 Å². The fraction of sp³-hybridized carbons (Fsp3) is 0.280. The van der Waals surface area contributed by atoms with Gasteiger partial charge >= 0.3 is 0 Å². The predicted octanol–water partition coefficient (Wildman–Crippen LogP) is 5.23. The van der Waals surface area contributed by atoms with Crippen LogP contribution in [-0.2, 0) is 17.6 Å². The molecule has 0 atom stereocenters. The molecule has 2 aromatic heterocycles. The van der Waals surface area contributed by atoms with Gasteiger partial charge in [0.25, 0.3) is 0 Å². The Morgan fingerprint density at radius 2 is 1.77 bits per heavy atom. The van der Waals surface area contributed by atoms with Gasteiger partial charge in [0.2, 0.25) is 5.91 Å². The molecule has 2 heterocycles. The first-order valence-corrected chi connectivity index (χ1v) is 11.5. The lowest BCUT2D eigenvalue weighted by Crippen LogP contribution is -2.35. The molecule has 2 aromatic carbocycles. The van der Waals surface area contributed by atoms with Crippen LogP contribution in [0.1, 0.15) is 30.5 Å². The summed E-state index contributed by atoms with van der Waals surface area (Å²) in [5.74, 6) is 0.281. The molecule has 1 saturated carbocycles. The topological polar surface area (TPSA) is 37.6 Å². The monoisotopic (exact) mass is 415 g/mol. The Bertz CT molecular complexity index is 1130. The predicted molar refractivity (Wildman–Crippen MR) is 122 cm³/mol. The van der Waals surface area contributed by atoms with Gasteiger partial charge in [-0.3, -0.25) is 9.20 Å². The Morgan fingerprint density at radius 3 is 2.50 bits per heavy atom. The average Bonchev–Trinajstić information content (AvgIpc) is 3.42. The van der Waals surface area contributed by atoms with Gasteiger partial charge in [-0.1, -0.05) is 60.7 Å². The molecule has 4 nitrogen and oxygen atoms in total. The van der Waals surface area contributed by atoms with Crippen LogP contribution in [-0.4, -0.2) is 32.8 Å². The molecule has 5 heteroatoms. The molecule has 0 spiro atoms. The minimum Gasteiger partial charge on any atom is -0.339 e. The van der Waals surface area contributed by atoms with Gasteiger partial charge in [0.05, 0.1) is 5.69 Å². The van der Waals surface area contributed by atoms with Crippen LogP contribution in [0.25, 0.3) is 16.2 Å². The molecule has 30 heavy (non-hydrogen) atoms. The second kappa shape index (κ2) is 8.44. The number of aryl methyl sites for hydroxylation is 1. The highest BCUT2D eigenvalue weighted by Gasteiger charge is 2.32. The zero-order valence-corrected chi connectivity index (χ0v) is 17.7. The van der Waals surface area contributed by atoms with E-state index in [1.807, 2.05) is 36.4 Å². The van der Waals surface area contributed by atoms with E-state index in [4.69, 9.17) is 4.98 Å². The summed E-state index contributed by atoms with van der Waals surface area (Å²) >= 11 is 1.67. The van der Waals surface area contributed by atoms with Crippen molar-refractivity contribution in [2.75, 3.05) is 6.54 Å². The van der Waals surface area contributed by atoms with Crippen LogP contribution in [0.5, 0.6) is 0 Å². The quantitative estimate of drug-likeness (QED) is 0.395. The fourth-order valence-corrected chi connectivity index (χ4v) is 4.84. The van der Waals surface area contributed by atoms with Crippen molar-refractivity contribution in [3.63, 3.8) is 0 Å². The lowest BCUT2D eigenvalue weighted by molar-refractivity contribution is -0.131. The molecule has 1 aliphatic rings. The number of carbonyl (C=O) groups excluding carboxylic acids is 1. The van der Waals surface area contributed by atoms with Crippen molar-refractivity contribution < 1.29 is 4.79 Å². The molecule has 1 amide bonds. The Hall–Kier alpha value is -2.92. The first-order valence-electron chi connectivity index (χ1n) is 10.6. The number of fused-ring (bicyclic) bond motifs is 1. The highest BCUT2D eigenvalue weighted by Crippen LogP contribution is 2.29. The third-order valence-corrected chi connectivity index (χ3v) is 6.63. The summed E-state index contributed by atoms with van der Waals surface area (Å²) < 4.78 is 2.19. The molecule has 0 aliphatic heterocycles. The molecular weight excluding hydrogens is 390 g/mol. The summed E-state index contributed by atoms with van der Waals surface area (Å²) in [5, 5.41) is 2.18. The summed E-state index contributed by atoms with van der Waals surface area (Å²) in [6.45, 7) is 0.781. The van der Waals surface area contributed by atoms with Crippen molar-refractivity contribution in [3.05, 3.63) is 83.5 Å². The van der Waals surface area contributed by atoms with Crippen LogP contribution in [0.15, 0.2) is 72.2 Å². The van der Waals surface area contributed by atoms with E-state index in [0.717, 1.165) is 48.4 Å². The van der Waals surface area contributed by atoms with Crippen LogP contribution in [0.2, 0.25) is 0 Å². The van der Waals surface area contributed by atoms with Gasteiger partial charge in [-0.15, -0.1) is 11.3 Å². The average molecular weight is 416 g/mol. The van der Waals surface area contributed by atoms with Gasteiger partial charge in [-0.25, -0.2) is 4.98 Å². The van der Waals surface area contributed by atoms with E-state index in [0.29, 0.717) is 12.5 Å². The van der Waals surface area contributed by atoms with E-state index in [2.05, 4.69) is 45.1 Å². The number of aromatic nitrogens is 2. The molecular formula is C25H25N3OS. The summed E-state index contributed by atoms with van der Waals surface area (Å²) in [7, 11) is 0. The minimum absolute atomic E-state index is 0.281. The third-order valence-electron chi connectivity index (χ3n) is 5.74. The number of benzene rings is 2. The van der Waals surface area contributed by atoms with Crippen molar-refractivity contribution >= 4 is 22.2 Å². The third kappa shape index (κ3) is 4.17. The molecule has 1 aliphatic carbocycles. The van der Waals surface area contributed by atoms with E-state index in [1.165, 1.54) is 11.3 Å². The minimum atomic E-state index is 0.281. The molecule has 0 saturated heterocycles. The summed E-state index contributed by atoms with van der Waals surface area (Å²) in [6, 6.07) is 21.0. The molecule has 4 aromatic rings. The van der Waals surface area contributed by atoms with Crippen LogP contribution in [0.3, 0.4) is 0 Å². The SMILES string of the molecule is O=C(CCc1ccccc1)N(CCc1csc2nc(-c3ccccc3)cn12)C1CC1. The standard InChI is InChI=1S/C25H25N3OS/c29-24(14-11-19-7-3-1-4-8-19)27(21-12-13-21)16-15-22-18-30-25-26-23(17-28(22)25)20-9-5-2-6-10-20/h1-10,17-18,21H,11-16H2. The highest BCUT2D eigenvalue weighted by atomic mass is 32.1. The van der Waals surface area contributed by atoms with Gasteiger partial charge in [0, 0.05) is 48.3 Å². The van der Waals surface area contributed by atoms with Crippen molar-refractivity contribution in [1.82, 2.24) is 14.3 Å². The van der Waals surface area contributed by atoms with E-state index < -0.39 is 0 Å². The van der Waals surface area contributed by atoms with Crippen LogP contribution in [0.4, 0.5) is 0 Å². The second-order valence-electron chi connectivity index (χ2n) is 7.93. The highest BCUT2D eigenvalue weighted by molar-refractivity contribution is 7.15. The number of amides is 1. The molecule has 0 unspecified atom stereocenters. The fourth-order valence-electron chi connectivity index (χ4n) is 3.93. The number of hydrogen-bond acceptors (Lipinski definition) is 3. The molecule has 5 rings (SSSR count). The summed E-state index contributed by atoms with van der Waals surface area (Å²) in [5.41, 5.74) is 4.59. The van der Waals surface area contributed by atoms with Gasteiger partial charge in [0.1, 0.15) is 0 Å². The van der Waals surface area contributed by atoms with E-state index in [-0.39, 0.29) is 5.91 Å². The smallest absolute Gasteiger partial charge is 0.223 e. The van der Waals surface area contributed by atoms with Crippen LogP contribution >= 0.6 is 11.3 Å². The lowest BCUT2D eigenvalue weighted by Gasteiger charge is -2.22. The zero-order valence-electron chi connectivity index (χ0n) is 16.9. The maximum atomic E-state index is 12.9. The Morgan fingerprint density at radius 1 is 1.03 bits per heavy atom. The second-order valence-corrected chi connectivity index (χ2v) is 8.76. The van der Waals surface area contributed by atoms with Crippen molar-refractivity contribution in [1.29, 1.82) is 0 Å². The Balaban J connectivity index is 1.26. The summed E-state index contributed by atoms with van der Waals surface area (Å²) in [4.78, 5) is 20.8. The first-order chi connectivity index (χ1) is 14.8. The lowest BCUT2D eigenvalue weighted by atomic mass is 10.1.